The van der Waals surface area contributed by atoms with Crippen LogP contribution in [-0.2, 0) is 16.1 Å². The van der Waals surface area contributed by atoms with E-state index >= 15 is 0 Å². The lowest BCUT2D eigenvalue weighted by Crippen LogP contribution is -2.42. The molecule has 0 aliphatic rings. The van der Waals surface area contributed by atoms with E-state index in [1.165, 1.54) is 10.8 Å². The summed E-state index contributed by atoms with van der Waals surface area (Å²) in [5.41, 5.74) is 6.97. The summed E-state index contributed by atoms with van der Waals surface area (Å²) in [4.78, 5) is 22.9. The van der Waals surface area contributed by atoms with E-state index in [9.17, 15) is 9.59 Å². The number of amides is 1. The van der Waals surface area contributed by atoms with Crippen LogP contribution in [0, 0.1) is 0 Å². The molecule has 4 N–H and O–H groups in total. The Kier molecular flexibility index (Phi) is 7.57. The van der Waals surface area contributed by atoms with E-state index in [0.29, 0.717) is 5.69 Å². The number of aliphatic carboxylic acids is 1. The highest BCUT2D eigenvalue weighted by Gasteiger charge is 2.22. The zero-order chi connectivity index (χ0) is 17.5. The number of anilines is 1. The van der Waals surface area contributed by atoms with Crippen LogP contribution in [0.4, 0.5) is 10.5 Å². The summed E-state index contributed by atoms with van der Waals surface area (Å²) in [7, 11) is 2.97. The van der Waals surface area contributed by atoms with E-state index in [1.54, 1.807) is 35.1 Å². The van der Waals surface area contributed by atoms with Crippen molar-refractivity contribution in [2.24, 2.45) is 0 Å². The maximum atomic E-state index is 11.7. The van der Waals surface area contributed by atoms with Crippen molar-refractivity contribution >= 4 is 39.3 Å². The van der Waals surface area contributed by atoms with Crippen molar-refractivity contribution in [3.8, 4) is 0 Å². The highest BCUT2D eigenvalue weighted by Crippen LogP contribution is 2.35. The molecule has 1 unspecified atom stereocenters. The Bertz CT molecular complexity index is 529. The molecule has 128 valence electrons. The second kappa shape index (κ2) is 8.93. The van der Waals surface area contributed by atoms with Gasteiger partial charge < -0.3 is 20.9 Å². The van der Waals surface area contributed by atoms with Crippen molar-refractivity contribution in [3.63, 3.8) is 0 Å². The molecule has 0 fully saturated rings. The minimum atomic E-state index is -1.09. The normalized spacial score (nSPS) is 12.5. The molecule has 23 heavy (non-hydrogen) atoms. The fourth-order valence-corrected chi connectivity index (χ4v) is 3.86. The number of benzene rings is 1. The average molecular weight is 358 g/mol. The van der Waals surface area contributed by atoms with Crippen molar-refractivity contribution in [1.82, 2.24) is 5.32 Å². The molecule has 0 heterocycles. The largest absolute Gasteiger partial charge is 0.480 e. The van der Waals surface area contributed by atoms with E-state index in [4.69, 9.17) is 15.6 Å². The lowest BCUT2D eigenvalue weighted by molar-refractivity contribution is -0.138. The fourth-order valence-electron chi connectivity index (χ4n) is 1.40. The third kappa shape index (κ3) is 8.61. The first kappa shape index (κ1) is 19.5. The molecular formula is C15H22N2O4S2. The average Bonchev–Trinajstić information content (AvgIpc) is 2.44. The Morgan fingerprint density at radius 3 is 2.43 bits per heavy atom. The lowest BCUT2D eigenvalue weighted by atomic mass is 10.2. The van der Waals surface area contributed by atoms with Crippen molar-refractivity contribution < 1.29 is 19.4 Å². The Morgan fingerprint density at radius 2 is 1.91 bits per heavy atom. The molecule has 6 nitrogen and oxygen atoms in total. The van der Waals surface area contributed by atoms with Gasteiger partial charge in [0.25, 0.3) is 0 Å². The van der Waals surface area contributed by atoms with Crippen LogP contribution in [0.2, 0.25) is 0 Å². The maximum Gasteiger partial charge on any atom is 0.408 e. The van der Waals surface area contributed by atoms with Crippen LogP contribution in [-0.4, -0.2) is 33.7 Å². The summed E-state index contributed by atoms with van der Waals surface area (Å²) in [6.45, 7) is 6.17. The van der Waals surface area contributed by atoms with Gasteiger partial charge in [-0.25, -0.2) is 9.59 Å². The molecule has 0 radical (unpaired) electrons. The van der Waals surface area contributed by atoms with Crippen molar-refractivity contribution in [2.75, 3.05) is 11.5 Å². The molecule has 0 saturated carbocycles. The number of carboxylic acid groups (broad SMARTS) is 1. The molecule has 1 atom stereocenters. The summed E-state index contributed by atoms with van der Waals surface area (Å²) in [5, 5.41) is 11.5. The molecule has 1 aromatic rings. The number of hydrogen-bond donors (Lipinski definition) is 3. The predicted octanol–water partition coefficient (Wildman–Crippen LogP) is 3.13. The first-order valence-electron chi connectivity index (χ1n) is 6.98. The molecule has 0 bridgehead atoms. The first-order chi connectivity index (χ1) is 10.7. The Balaban J connectivity index is 2.41. The quantitative estimate of drug-likeness (QED) is 0.508. The summed E-state index contributed by atoms with van der Waals surface area (Å²) < 4.78 is 5.04. The molecule has 1 amide bonds. The van der Waals surface area contributed by atoms with Crippen molar-refractivity contribution in [1.29, 1.82) is 0 Å². The predicted molar refractivity (Wildman–Crippen MR) is 95.4 cm³/mol. The SMILES string of the molecule is CC(C)(C)SSCC(NC(=O)OCc1ccc(N)cc1)C(=O)O. The zero-order valence-electron chi connectivity index (χ0n) is 13.4. The molecule has 0 saturated heterocycles. The Labute approximate surface area is 143 Å². The van der Waals surface area contributed by atoms with Gasteiger partial charge in [0.2, 0.25) is 0 Å². The topological polar surface area (TPSA) is 102 Å². The van der Waals surface area contributed by atoms with E-state index in [-0.39, 0.29) is 17.1 Å². The van der Waals surface area contributed by atoms with Crippen LogP contribution in [0.25, 0.3) is 0 Å². The lowest BCUT2D eigenvalue weighted by Gasteiger charge is -2.19. The highest BCUT2D eigenvalue weighted by molar-refractivity contribution is 8.77. The van der Waals surface area contributed by atoms with Crippen LogP contribution in [0.15, 0.2) is 24.3 Å². The van der Waals surface area contributed by atoms with Gasteiger partial charge in [0.15, 0.2) is 0 Å². The Hall–Kier alpha value is -1.54. The van der Waals surface area contributed by atoms with E-state index < -0.39 is 18.1 Å². The smallest absolute Gasteiger partial charge is 0.408 e. The molecule has 0 aliphatic carbocycles. The molecule has 1 rings (SSSR count). The number of carbonyl (C=O) groups excluding carboxylic acids is 1. The minimum absolute atomic E-state index is 0.0172. The van der Waals surface area contributed by atoms with E-state index in [2.05, 4.69) is 5.32 Å². The minimum Gasteiger partial charge on any atom is -0.480 e. The standard InChI is InChI=1S/C15H22N2O4S2/c1-15(2,3)23-22-9-12(13(18)19)17-14(20)21-8-10-4-6-11(16)7-5-10/h4-7,12H,8-9,16H2,1-3H3,(H,17,20)(H,18,19). The van der Waals surface area contributed by atoms with Gasteiger partial charge >= 0.3 is 12.1 Å². The van der Waals surface area contributed by atoms with Gasteiger partial charge in [0.05, 0.1) is 0 Å². The molecule has 0 spiro atoms. The molecular weight excluding hydrogens is 336 g/mol. The van der Waals surface area contributed by atoms with Gasteiger partial charge in [0, 0.05) is 16.2 Å². The number of nitrogens with one attached hydrogen (secondary N) is 1. The van der Waals surface area contributed by atoms with Gasteiger partial charge in [-0.1, -0.05) is 54.5 Å². The number of alkyl carbamates (subject to hydrolysis) is 1. The molecule has 0 aromatic heterocycles. The number of hydrogen-bond acceptors (Lipinski definition) is 6. The number of carbonyl (C=O) groups is 2. The number of nitrogen functional groups attached to an aromatic ring is 1. The second-order valence-corrected chi connectivity index (χ2v) is 9.00. The third-order valence-electron chi connectivity index (χ3n) is 2.48. The summed E-state index contributed by atoms with van der Waals surface area (Å²) in [6, 6.07) is 5.91. The zero-order valence-corrected chi connectivity index (χ0v) is 15.0. The fraction of sp³-hybridized carbons (Fsp3) is 0.467. The van der Waals surface area contributed by atoms with Crippen molar-refractivity contribution in [3.05, 3.63) is 29.8 Å². The Morgan fingerprint density at radius 1 is 1.30 bits per heavy atom. The van der Waals surface area contributed by atoms with Gasteiger partial charge in [-0.3, -0.25) is 0 Å². The number of nitrogens with two attached hydrogens (primary N) is 1. The molecule has 1 aromatic carbocycles. The summed E-state index contributed by atoms with van der Waals surface area (Å²) in [5.74, 6) is -0.828. The first-order valence-corrected chi connectivity index (χ1v) is 9.30. The van der Waals surface area contributed by atoms with Crippen LogP contribution in [0.5, 0.6) is 0 Å². The van der Waals surface area contributed by atoms with Crippen LogP contribution in [0.1, 0.15) is 26.3 Å². The van der Waals surface area contributed by atoms with E-state index in [1.807, 2.05) is 20.8 Å². The third-order valence-corrected chi connectivity index (χ3v) is 5.83. The number of ether oxygens (including phenoxy) is 1. The van der Waals surface area contributed by atoms with E-state index in [0.717, 1.165) is 5.56 Å². The van der Waals surface area contributed by atoms with Crippen LogP contribution < -0.4 is 11.1 Å². The van der Waals surface area contributed by atoms with Gasteiger partial charge in [-0.05, 0) is 17.7 Å². The second-order valence-electron chi connectivity index (χ2n) is 5.83. The monoisotopic (exact) mass is 358 g/mol. The summed E-state index contributed by atoms with van der Waals surface area (Å²) >= 11 is 0. The highest BCUT2D eigenvalue weighted by atomic mass is 33.1. The number of carboxylic acids is 1. The van der Waals surface area contributed by atoms with Crippen molar-refractivity contribution in [2.45, 2.75) is 38.2 Å². The van der Waals surface area contributed by atoms with Gasteiger partial charge in [0.1, 0.15) is 12.6 Å². The molecule has 8 heteroatoms. The number of rotatable bonds is 7. The summed E-state index contributed by atoms with van der Waals surface area (Å²) in [6.07, 6.45) is -0.754. The van der Waals surface area contributed by atoms with Gasteiger partial charge in [-0.2, -0.15) is 0 Å². The molecule has 0 aliphatic heterocycles. The van der Waals surface area contributed by atoms with Gasteiger partial charge in [-0.15, -0.1) is 0 Å². The van der Waals surface area contributed by atoms with Crippen LogP contribution in [0.3, 0.4) is 0 Å². The maximum absolute atomic E-state index is 11.7. The van der Waals surface area contributed by atoms with Crippen LogP contribution >= 0.6 is 21.6 Å².